The summed E-state index contributed by atoms with van der Waals surface area (Å²) < 4.78 is 17.5. The Hall–Kier alpha value is -1.79. The summed E-state index contributed by atoms with van der Waals surface area (Å²) in [6.07, 6.45) is 13.7. The smallest absolute Gasteiger partial charge is 0.343 e. The number of ether oxygens (including phenoxy) is 3. The summed E-state index contributed by atoms with van der Waals surface area (Å²) in [5, 5.41) is 11.4. The van der Waals surface area contributed by atoms with E-state index in [1.54, 1.807) is 14.0 Å². The Kier molecular flexibility index (Phi) is 7.32. The van der Waals surface area contributed by atoms with Crippen molar-refractivity contribution in [3.8, 4) is 0 Å². The van der Waals surface area contributed by atoms with Crippen LogP contribution in [-0.2, 0) is 19.0 Å². The molecule has 6 heteroatoms. The summed E-state index contributed by atoms with van der Waals surface area (Å²) in [6.45, 7) is 7.26. The number of methoxy groups -OCH3 is 1. The van der Waals surface area contributed by atoms with Crippen molar-refractivity contribution in [1.82, 2.24) is 4.90 Å². The molecule has 0 bridgehead atoms. The number of rotatable bonds is 6. The van der Waals surface area contributed by atoms with Gasteiger partial charge >= 0.3 is 5.97 Å². The highest BCUT2D eigenvalue weighted by Gasteiger charge is 2.49. The molecule has 4 heterocycles. The van der Waals surface area contributed by atoms with Crippen LogP contribution in [0.5, 0.6) is 0 Å². The predicted molar refractivity (Wildman–Crippen MR) is 134 cm³/mol. The van der Waals surface area contributed by atoms with Crippen molar-refractivity contribution in [3.63, 3.8) is 0 Å². The van der Waals surface area contributed by atoms with Crippen molar-refractivity contribution >= 4 is 5.97 Å². The van der Waals surface area contributed by atoms with Crippen molar-refractivity contribution in [3.05, 3.63) is 34.7 Å². The van der Waals surface area contributed by atoms with Crippen LogP contribution < -0.4 is 0 Å². The van der Waals surface area contributed by atoms with Crippen LogP contribution in [0.15, 0.2) is 34.7 Å². The van der Waals surface area contributed by atoms with E-state index >= 15 is 0 Å². The largest absolute Gasteiger partial charge is 0.492 e. The lowest BCUT2D eigenvalue weighted by Gasteiger charge is -2.46. The van der Waals surface area contributed by atoms with E-state index in [4.69, 9.17) is 14.2 Å². The second-order valence-corrected chi connectivity index (χ2v) is 11.5. The van der Waals surface area contributed by atoms with Crippen LogP contribution in [0.4, 0.5) is 0 Å². The maximum Gasteiger partial charge on any atom is 0.343 e. The first-order valence-corrected chi connectivity index (χ1v) is 13.9. The molecule has 5 aliphatic rings. The lowest BCUT2D eigenvalue weighted by molar-refractivity contribution is -0.133. The van der Waals surface area contributed by atoms with Crippen molar-refractivity contribution in [2.45, 2.75) is 103 Å². The monoisotopic (exact) mass is 485 g/mol. The summed E-state index contributed by atoms with van der Waals surface area (Å²) in [5.74, 6) is 4.10. The first kappa shape index (κ1) is 24.9. The zero-order valence-electron chi connectivity index (χ0n) is 21.9. The summed E-state index contributed by atoms with van der Waals surface area (Å²) in [5.41, 5.74) is 0.487. The van der Waals surface area contributed by atoms with Gasteiger partial charge in [0.2, 0.25) is 5.76 Å². The van der Waals surface area contributed by atoms with Crippen LogP contribution in [0.3, 0.4) is 0 Å². The fourth-order valence-electron chi connectivity index (χ4n) is 7.53. The first-order valence-electron chi connectivity index (χ1n) is 13.9. The number of esters is 1. The van der Waals surface area contributed by atoms with Crippen LogP contribution in [0.2, 0.25) is 0 Å². The van der Waals surface area contributed by atoms with Gasteiger partial charge in [-0.05, 0) is 56.9 Å². The SMILES string of the molecule is COC1=C(C)C(=O)OC1=C1OC2=CCCN3C(C(O)CCC(C)C4CCCC4)CCCC3C2C1C. The minimum atomic E-state index is -0.365. The van der Waals surface area contributed by atoms with Crippen LogP contribution >= 0.6 is 0 Å². The van der Waals surface area contributed by atoms with Crippen molar-refractivity contribution in [1.29, 1.82) is 0 Å². The van der Waals surface area contributed by atoms with Gasteiger partial charge in [0.1, 0.15) is 5.76 Å². The minimum absolute atomic E-state index is 0.0731. The Labute approximate surface area is 210 Å². The van der Waals surface area contributed by atoms with E-state index in [0.29, 0.717) is 34.8 Å². The lowest BCUT2D eigenvalue weighted by Crippen LogP contribution is -2.54. The van der Waals surface area contributed by atoms with Gasteiger partial charge in [-0.1, -0.05) is 46.0 Å². The Bertz CT molecular complexity index is 914. The molecule has 0 amide bonds. The third kappa shape index (κ3) is 4.57. The van der Waals surface area contributed by atoms with Gasteiger partial charge in [-0.3, -0.25) is 4.90 Å². The van der Waals surface area contributed by atoms with Gasteiger partial charge in [0.25, 0.3) is 0 Å². The molecule has 2 saturated heterocycles. The zero-order chi connectivity index (χ0) is 24.7. The third-order valence-corrected chi connectivity index (χ3v) is 9.55. The normalized spacial score (nSPS) is 35.7. The van der Waals surface area contributed by atoms with Crippen LogP contribution in [0, 0.1) is 23.7 Å². The van der Waals surface area contributed by atoms with E-state index in [1.807, 2.05) is 0 Å². The highest BCUT2D eigenvalue weighted by molar-refractivity contribution is 5.93. The quantitative estimate of drug-likeness (QED) is 0.506. The van der Waals surface area contributed by atoms with E-state index < -0.39 is 0 Å². The second-order valence-electron chi connectivity index (χ2n) is 11.5. The number of nitrogens with zero attached hydrogens (tertiary/aromatic N) is 1. The van der Waals surface area contributed by atoms with Crippen LogP contribution in [0.1, 0.15) is 85.0 Å². The Morgan fingerprint density at radius 3 is 2.66 bits per heavy atom. The molecular weight excluding hydrogens is 442 g/mol. The van der Waals surface area contributed by atoms with E-state index in [-0.39, 0.29) is 30.0 Å². The number of aliphatic hydroxyl groups is 1. The standard InChI is InChI=1S/C29H43NO5/c1-17(20-9-5-6-10-20)14-15-23(31)21-11-7-12-22-25-18(2)27(34-24(25)13-8-16-30(21)22)28-26(33-4)19(3)29(32)35-28/h13,17-18,20-23,25,31H,5-12,14-16H2,1-4H3. The molecule has 0 spiro atoms. The fraction of sp³-hybridized carbons (Fsp3) is 0.759. The van der Waals surface area contributed by atoms with Gasteiger partial charge in [-0.25, -0.2) is 4.79 Å². The molecule has 0 aromatic heterocycles. The van der Waals surface area contributed by atoms with Gasteiger partial charge in [-0.2, -0.15) is 0 Å². The molecule has 5 rings (SSSR count). The zero-order valence-corrected chi connectivity index (χ0v) is 21.9. The Morgan fingerprint density at radius 2 is 1.91 bits per heavy atom. The first-order chi connectivity index (χ1) is 16.9. The predicted octanol–water partition coefficient (Wildman–Crippen LogP) is 5.44. The summed E-state index contributed by atoms with van der Waals surface area (Å²) >= 11 is 0. The molecule has 194 valence electrons. The number of carbonyl (C=O) groups excluding carboxylic acids is 1. The number of carbonyl (C=O) groups is 1. The Balaban J connectivity index is 1.32. The number of aliphatic hydroxyl groups excluding tert-OH is 1. The van der Waals surface area contributed by atoms with Crippen molar-refractivity contribution in [2.75, 3.05) is 13.7 Å². The van der Waals surface area contributed by atoms with Gasteiger partial charge in [0.15, 0.2) is 11.5 Å². The summed E-state index contributed by atoms with van der Waals surface area (Å²) in [6, 6.07) is 0.535. The maximum atomic E-state index is 12.2. The number of hydrogen-bond donors (Lipinski definition) is 1. The highest BCUT2D eigenvalue weighted by atomic mass is 16.6. The fourth-order valence-corrected chi connectivity index (χ4v) is 7.53. The molecule has 0 aromatic rings. The highest BCUT2D eigenvalue weighted by Crippen LogP contribution is 2.49. The van der Waals surface area contributed by atoms with Gasteiger partial charge in [0, 0.05) is 30.5 Å². The molecule has 6 nitrogen and oxygen atoms in total. The lowest BCUT2D eigenvalue weighted by atomic mass is 9.78. The molecule has 4 aliphatic heterocycles. The second kappa shape index (κ2) is 10.3. The number of cyclic esters (lactones) is 1. The molecule has 0 aromatic carbocycles. The molecular formula is C29H43NO5. The van der Waals surface area contributed by atoms with Gasteiger partial charge < -0.3 is 19.3 Å². The average Bonchev–Trinajstić information content (AvgIpc) is 3.53. The number of allylic oxidation sites excluding steroid dienone is 1. The number of piperidine rings is 1. The Morgan fingerprint density at radius 1 is 1.14 bits per heavy atom. The third-order valence-electron chi connectivity index (χ3n) is 9.55. The number of fused-ring (bicyclic) bond motifs is 3. The van der Waals surface area contributed by atoms with Gasteiger partial charge in [-0.15, -0.1) is 0 Å². The molecule has 1 saturated carbocycles. The molecule has 6 atom stereocenters. The van der Waals surface area contributed by atoms with Crippen molar-refractivity contribution in [2.24, 2.45) is 23.7 Å². The molecule has 0 radical (unpaired) electrons. The van der Waals surface area contributed by atoms with E-state index in [1.165, 1.54) is 25.7 Å². The van der Waals surface area contributed by atoms with Crippen molar-refractivity contribution < 1.29 is 24.1 Å². The molecule has 35 heavy (non-hydrogen) atoms. The molecule has 1 aliphatic carbocycles. The molecule has 6 unspecified atom stereocenters. The van der Waals surface area contributed by atoms with E-state index in [2.05, 4.69) is 24.8 Å². The average molecular weight is 486 g/mol. The summed E-state index contributed by atoms with van der Waals surface area (Å²) in [4.78, 5) is 14.8. The van der Waals surface area contributed by atoms with Crippen LogP contribution in [-0.4, -0.2) is 47.8 Å². The number of hydrogen-bond acceptors (Lipinski definition) is 6. The van der Waals surface area contributed by atoms with Gasteiger partial charge in [0.05, 0.1) is 18.8 Å². The molecule has 1 N–H and O–H groups in total. The van der Waals surface area contributed by atoms with E-state index in [0.717, 1.165) is 56.7 Å². The molecule has 3 fully saturated rings. The topological polar surface area (TPSA) is 68.2 Å². The summed E-state index contributed by atoms with van der Waals surface area (Å²) in [7, 11) is 1.57. The van der Waals surface area contributed by atoms with Crippen LogP contribution in [0.25, 0.3) is 0 Å². The minimum Gasteiger partial charge on any atom is -0.492 e. The van der Waals surface area contributed by atoms with E-state index in [9.17, 15) is 9.90 Å². The maximum absolute atomic E-state index is 12.2.